The van der Waals surface area contributed by atoms with E-state index < -0.39 is 64.5 Å². The molecule has 13 heteroatoms. The van der Waals surface area contributed by atoms with Gasteiger partial charge in [0, 0.05) is 18.1 Å². The zero-order chi connectivity index (χ0) is 34.1. The fraction of sp³-hybridized carbons (Fsp3) is 0.265. The molecule has 1 N–H and O–H groups in total. The second-order valence-electron chi connectivity index (χ2n) is 11.2. The average molecular weight is 670 g/mol. The molecule has 248 valence electrons. The second kappa shape index (κ2) is 12.9. The van der Waals surface area contributed by atoms with E-state index in [1.165, 1.54) is 12.1 Å². The average Bonchev–Trinajstić information content (AvgIpc) is 2.96. The predicted molar refractivity (Wildman–Crippen MR) is 151 cm³/mol. The first-order chi connectivity index (χ1) is 22.1. The lowest BCUT2D eigenvalue weighted by molar-refractivity contribution is -0.253. The lowest BCUT2D eigenvalue weighted by atomic mass is 9.74. The van der Waals surface area contributed by atoms with Crippen molar-refractivity contribution in [1.29, 1.82) is 0 Å². The van der Waals surface area contributed by atoms with Gasteiger partial charge in [0.15, 0.2) is 0 Å². The highest BCUT2D eigenvalue weighted by atomic mass is 19.4. The molecule has 0 spiro atoms. The Morgan fingerprint density at radius 2 is 1.49 bits per heavy atom. The molecule has 0 heterocycles. The van der Waals surface area contributed by atoms with Gasteiger partial charge in [-0.1, -0.05) is 42.8 Å². The minimum Gasteiger partial charge on any atom is -0.428 e. The number of halogens is 10. The zero-order valence-corrected chi connectivity index (χ0v) is 24.2. The van der Waals surface area contributed by atoms with E-state index in [2.05, 4.69) is 10.1 Å². The summed E-state index contributed by atoms with van der Waals surface area (Å²) in [5.74, 6) is -6.03. The van der Waals surface area contributed by atoms with E-state index in [4.69, 9.17) is 0 Å². The number of nitrogens with one attached hydrogen (secondary N) is 1. The molecule has 1 atom stereocenters. The van der Waals surface area contributed by atoms with Crippen molar-refractivity contribution in [3.05, 3.63) is 136 Å². The van der Waals surface area contributed by atoms with Gasteiger partial charge in [0.2, 0.25) is 0 Å². The Bertz CT molecular complexity index is 1760. The summed E-state index contributed by atoms with van der Waals surface area (Å²) in [5.41, 5.74) is -4.12. The van der Waals surface area contributed by atoms with Gasteiger partial charge in [0.25, 0.3) is 5.91 Å². The quantitative estimate of drug-likeness (QED) is 0.171. The number of alkyl halides is 7. The first-order valence-electron chi connectivity index (χ1n) is 14.3. The van der Waals surface area contributed by atoms with Crippen LogP contribution in [0.15, 0.2) is 84.9 Å². The number of hydrogen-bond acceptors (Lipinski definition) is 2. The van der Waals surface area contributed by atoms with Crippen molar-refractivity contribution in [2.24, 2.45) is 0 Å². The Kier molecular flexibility index (Phi) is 9.29. The molecule has 0 aromatic heterocycles. The molecule has 5 rings (SSSR count). The molecule has 0 saturated heterocycles. The van der Waals surface area contributed by atoms with Crippen LogP contribution in [0.4, 0.5) is 43.9 Å². The van der Waals surface area contributed by atoms with Crippen LogP contribution in [-0.4, -0.2) is 18.4 Å². The first kappa shape index (κ1) is 33.8. The van der Waals surface area contributed by atoms with E-state index in [9.17, 15) is 39.9 Å². The van der Waals surface area contributed by atoms with Crippen molar-refractivity contribution >= 4 is 5.91 Å². The largest absolute Gasteiger partial charge is 0.461 e. The Labute approximate surface area is 262 Å². The van der Waals surface area contributed by atoms with Crippen LogP contribution in [0.2, 0.25) is 0 Å². The van der Waals surface area contributed by atoms with Crippen LogP contribution in [0.25, 0.3) is 0 Å². The van der Waals surface area contributed by atoms with Crippen LogP contribution in [0.3, 0.4) is 0 Å². The van der Waals surface area contributed by atoms with Gasteiger partial charge in [-0.05, 0) is 83.5 Å². The molecule has 1 fully saturated rings. The van der Waals surface area contributed by atoms with Gasteiger partial charge < -0.3 is 10.1 Å². The topological polar surface area (TPSA) is 38.3 Å². The molecule has 0 aliphatic heterocycles. The highest BCUT2D eigenvalue weighted by Gasteiger charge is 2.45. The van der Waals surface area contributed by atoms with Crippen LogP contribution in [0.1, 0.15) is 63.4 Å². The molecule has 1 amide bonds. The van der Waals surface area contributed by atoms with Crippen molar-refractivity contribution in [3.8, 4) is 5.75 Å². The molecular weight excluding hydrogens is 644 g/mol. The van der Waals surface area contributed by atoms with Crippen LogP contribution < -0.4 is 10.1 Å². The maximum atomic E-state index is 15.2. The summed E-state index contributed by atoms with van der Waals surface area (Å²) in [5, 5.41) is 2.58. The summed E-state index contributed by atoms with van der Waals surface area (Å²) in [6.45, 7) is 0. The van der Waals surface area contributed by atoms with Gasteiger partial charge in [0.05, 0.1) is 11.1 Å². The van der Waals surface area contributed by atoms with Crippen LogP contribution in [0, 0.1) is 17.5 Å². The van der Waals surface area contributed by atoms with Gasteiger partial charge in [-0.15, -0.1) is 0 Å². The number of ether oxygens (including phenoxy) is 1. The minimum absolute atomic E-state index is 0.0633. The van der Waals surface area contributed by atoms with E-state index in [1.807, 2.05) is 0 Å². The van der Waals surface area contributed by atoms with Crippen molar-refractivity contribution in [2.45, 2.75) is 55.9 Å². The molecule has 0 unspecified atom stereocenters. The van der Waals surface area contributed by atoms with Gasteiger partial charge >= 0.3 is 18.7 Å². The number of hydrogen-bond donors (Lipinski definition) is 1. The summed E-state index contributed by atoms with van der Waals surface area (Å²) in [4.78, 5) is 13.8. The molecular formula is C34H25F10NO2. The third-order valence-corrected chi connectivity index (χ3v) is 8.08. The van der Waals surface area contributed by atoms with E-state index in [0.717, 1.165) is 30.7 Å². The van der Waals surface area contributed by atoms with E-state index in [1.54, 1.807) is 30.3 Å². The Morgan fingerprint density at radius 3 is 2.11 bits per heavy atom. The standard InChI is InChI=1S/C34H25F10NO2/c35-24-14-23(15-25(17-24)47-34(43,44)31(38)39)32(18-19-5-2-1-3-6-19,22-10-12-28(36)26(16-22)20-7-4-8-20)45-30(46)21-9-11-29(37)27(13-21)33(40,41)42/h1-3,5-6,9-17,20,31H,4,7-8,18H2,(H,45,46)/t32-/m1/s1. The van der Waals surface area contributed by atoms with Gasteiger partial charge in [-0.25, -0.2) is 13.2 Å². The van der Waals surface area contributed by atoms with Crippen LogP contribution in [0.5, 0.6) is 5.75 Å². The molecule has 4 aromatic rings. The fourth-order valence-electron chi connectivity index (χ4n) is 5.52. The van der Waals surface area contributed by atoms with Crippen molar-refractivity contribution in [3.63, 3.8) is 0 Å². The second-order valence-corrected chi connectivity index (χ2v) is 11.2. The predicted octanol–water partition coefficient (Wildman–Crippen LogP) is 9.54. The minimum atomic E-state index is -5.18. The number of benzene rings is 4. The molecule has 0 bridgehead atoms. The lowest BCUT2D eigenvalue weighted by Gasteiger charge is -2.38. The van der Waals surface area contributed by atoms with E-state index in [-0.39, 0.29) is 35.1 Å². The number of carbonyl (C=O) groups excluding carboxylic acids is 1. The third-order valence-electron chi connectivity index (χ3n) is 8.08. The van der Waals surface area contributed by atoms with Crippen LogP contribution in [-0.2, 0) is 18.1 Å². The highest BCUT2D eigenvalue weighted by molar-refractivity contribution is 5.95. The zero-order valence-electron chi connectivity index (χ0n) is 24.2. The SMILES string of the molecule is O=C(N[C@@](Cc1ccccc1)(c1cc(F)cc(OC(F)(F)C(F)F)c1)c1ccc(F)c(C2CCC2)c1)c1ccc(F)c(C(F)(F)F)c1. The third kappa shape index (κ3) is 7.23. The van der Waals surface area contributed by atoms with Crippen molar-refractivity contribution in [2.75, 3.05) is 0 Å². The summed E-state index contributed by atoms with van der Waals surface area (Å²) >= 11 is 0. The first-order valence-corrected chi connectivity index (χ1v) is 14.3. The molecule has 1 aliphatic rings. The molecule has 3 nitrogen and oxygen atoms in total. The molecule has 0 radical (unpaired) electrons. The fourth-order valence-corrected chi connectivity index (χ4v) is 5.52. The summed E-state index contributed by atoms with van der Waals surface area (Å²) in [6, 6.07) is 15.2. The normalized spacial score (nSPS) is 15.2. The molecule has 47 heavy (non-hydrogen) atoms. The molecule has 1 saturated carbocycles. The summed E-state index contributed by atoms with van der Waals surface area (Å²) in [7, 11) is 0. The van der Waals surface area contributed by atoms with Gasteiger partial charge in [-0.3, -0.25) is 4.79 Å². The maximum absolute atomic E-state index is 15.2. The van der Waals surface area contributed by atoms with Crippen molar-refractivity contribution in [1.82, 2.24) is 5.32 Å². The number of rotatable bonds is 10. The Balaban J connectivity index is 1.75. The van der Waals surface area contributed by atoms with E-state index >= 15 is 8.78 Å². The highest BCUT2D eigenvalue weighted by Crippen LogP contribution is 2.43. The maximum Gasteiger partial charge on any atom is 0.461 e. The Hall–Kier alpha value is -4.55. The smallest absolute Gasteiger partial charge is 0.428 e. The lowest BCUT2D eigenvalue weighted by Crippen LogP contribution is -2.49. The monoisotopic (exact) mass is 669 g/mol. The van der Waals surface area contributed by atoms with Gasteiger partial charge in [-0.2, -0.15) is 30.7 Å². The summed E-state index contributed by atoms with van der Waals surface area (Å²) in [6.07, 6.45) is -12.8. The number of carbonyl (C=O) groups is 1. The summed E-state index contributed by atoms with van der Waals surface area (Å²) < 4.78 is 143. The number of amides is 1. The van der Waals surface area contributed by atoms with Gasteiger partial charge in [0.1, 0.15) is 23.2 Å². The van der Waals surface area contributed by atoms with E-state index in [0.29, 0.717) is 30.5 Å². The molecule has 1 aliphatic carbocycles. The molecule has 4 aromatic carbocycles. The Morgan fingerprint density at radius 1 is 0.809 bits per heavy atom. The van der Waals surface area contributed by atoms with Crippen LogP contribution >= 0.6 is 0 Å². The van der Waals surface area contributed by atoms with Crippen molar-refractivity contribution < 1.29 is 53.4 Å².